The van der Waals surface area contributed by atoms with Gasteiger partial charge in [0.05, 0.1) is 16.7 Å². The first-order chi connectivity index (χ1) is 16.5. The van der Waals surface area contributed by atoms with Crippen molar-refractivity contribution in [3.05, 3.63) is 108 Å². The van der Waals surface area contributed by atoms with E-state index in [9.17, 15) is 19.5 Å². The number of ether oxygens (including phenoxy) is 4. The van der Waals surface area contributed by atoms with E-state index in [4.69, 9.17) is 18.9 Å². The van der Waals surface area contributed by atoms with Gasteiger partial charge in [-0.15, -0.1) is 0 Å². The third-order valence-corrected chi connectivity index (χ3v) is 5.16. The largest absolute Gasteiger partial charge is 0.459 e. The van der Waals surface area contributed by atoms with Gasteiger partial charge in [0, 0.05) is 0 Å². The summed E-state index contributed by atoms with van der Waals surface area (Å²) in [6, 6.07) is 24.7. The van der Waals surface area contributed by atoms with Gasteiger partial charge in [-0.2, -0.15) is 0 Å². The third-order valence-electron chi connectivity index (χ3n) is 5.16. The van der Waals surface area contributed by atoms with Crippen LogP contribution in [0.2, 0.25) is 0 Å². The maximum Gasteiger partial charge on any atom is 0.340 e. The fraction of sp³-hybridized carbons (Fsp3) is 0.192. The van der Waals surface area contributed by atoms with E-state index in [2.05, 4.69) is 0 Å². The van der Waals surface area contributed by atoms with Gasteiger partial charge in [0.15, 0.2) is 12.2 Å². The number of esters is 3. The summed E-state index contributed by atoms with van der Waals surface area (Å²) in [5.41, 5.74) is 0.848. The molecular weight excluding hydrogens is 440 g/mol. The molecule has 4 rings (SSSR count). The minimum Gasteiger partial charge on any atom is -0.459 e. The molecule has 1 aliphatic heterocycles. The molecule has 1 fully saturated rings. The minimum absolute atomic E-state index is 0.259. The van der Waals surface area contributed by atoms with Crippen LogP contribution in [0.4, 0.5) is 0 Å². The van der Waals surface area contributed by atoms with Crippen molar-refractivity contribution in [3.63, 3.8) is 0 Å². The number of carbonyl (C=O) groups is 3. The Morgan fingerprint density at radius 2 is 1.12 bits per heavy atom. The predicted molar refractivity (Wildman–Crippen MR) is 119 cm³/mol. The number of hydrogen-bond acceptors (Lipinski definition) is 8. The number of rotatable bonds is 7. The van der Waals surface area contributed by atoms with Gasteiger partial charge in [-0.25, -0.2) is 14.4 Å². The van der Waals surface area contributed by atoms with E-state index in [1.54, 1.807) is 91.0 Å². The summed E-state index contributed by atoms with van der Waals surface area (Å²) >= 11 is 0. The number of carbonyl (C=O) groups excluding carboxylic acids is 3. The Morgan fingerprint density at radius 3 is 1.62 bits per heavy atom. The second-order valence-corrected chi connectivity index (χ2v) is 7.51. The van der Waals surface area contributed by atoms with Crippen LogP contribution in [0, 0.1) is 0 Å². The van der Waals surface area contributed by atoms with Crippen LogP contribution >= 0.6 is 0 Å². The average molecular weight is 462 g/mol. The normalized spacial score (nSPS) is 21.4. The first-order valence-electron chi connectivity index (χ1n) is 10.6. The maximum absolute atomic E-state index is 12.6. The van der Waals surface area contributed by atoms with Gasteiger partial charge in [0.2, 0.25) is 6.29 Å². The van der Waals surface area contributed by atoms with E-state index in [0.29, 0.717) is 5.56 Å². The fourth-order valence-electron chi connectivity index (χ4n) is 3.41. The van der Waals surface area contributed by atoms with Crippen molar-refractivity contribution in [3.8, 4) is 0 Å². The summed E-state index contributed by atoms with van der Waals surface area (Å²) in [4.78, 5) is 37.4. The van der Waals surface area contributed by atoms with Crippen LogP contribution in [0.15, 0.2) is 91.0 Å². The van der Waals surface area contributed by atoms with Crippen molar-refractivity contribution in [2.24, 2.45) is 0 Å². The first-order valence-corrected chi connectivity index (χ1v) is 10.6. The van der Waals surface area contributed by atoms with Crippen LogP contribution in [0.5, 0.6) is 0 Å². The standard InChI is InChI=1S/C26H22O8/c27-21-22(33-24(29)18-12-6-2-7-13-18)20(16-31-23(28)17-10-4-1-5-11-17)32-26(21)34-25(30)19-14-8-3-9-15-19/h1-15,20-22,26-27H,16H2/t20-,21?,22+,26+/m1/s1. The van der Waals surface area contributed by atoms with Gasteiger partial charge in [-0.1, -0.05) is 54.6 Å². The third kappa shape index (κ3) is 5.48. The number of aliphatic hydroxyl groups excluding tert-OH is 1. The maximum atomic E-state index is 12.6. The van der Waals surface area contributed by atoms with Crippen molar-refractivity contribution in [1.29, 1.82) is 0 Å². The summed E-state index contributed by atoms with van der Waals surface area (Å²) in [5, 5.41) is 10.8. The van der Waals surface area contributed by atoms with E-state index in [1.807, 2.05) is 0 Å². The molecule has 8 nitrogen and oxygen atoms in total. The monoisotopic (exact) mass is 462 g/mol. The quantitative estimate of drug-likeness (QED) is 0.422. The molecule has 0 amide bonds. The lowest BCUT2D eigenvalue weighted by atomic mass is 10.1. The van der Waals surface area contributed by atoms with Crippen molar-refractivity contribution in [2.45, 2.75) is 24.6 Å². The van der Waals surface area contributed by atoms with Crippen molar-refractivity contribution in [2.75, 3.05) is 6.61 Å². The molecule has 0 spiro atoms. The molecule has 0 radical (unpaired) electrons. The Hall–Kier alpha value is -4.01. The Morgan fingerprint density at radius 1 is 0.676 bits per heavy atom. The van der Waals surface area contributed by atoms with Gasteiger partial charge in [-0.05, 0) is 36.4 Å². The van der Waals surface area contributed by atoms with Crippen LogP contribution in [0.25, 0.3) is 0 Å². The van der Waals surface area contributed by atoms with Gasteiger partial charge < -0.3 is 24.1 Å². The molecule has 1 heterocycles. The van der Waals surface area contributed by atoms with Crippen LogP contribution in [0.3, 0.4) is 0 Å². The fourth-order valence-corrected chi connectivity index (χ4v) is 3.41. The topological polar surface area (TPSA) is 108 Å². The Balaban J connectivity index is 1.47. The molecule has 4 atom stereocenters. The van der Waals surface area contributed by atoms with Crippen molar-refractivity contribution in [1.82, 2.24) is 0 Å². The van der Waals surface area contributed by atoms with Crippen LogP contribution in [-0.4, -0.2) is 54.2 Å². The van der Waals surface area contributed by atoms with Crippen LogP contribution in [-0.2, 0) is 18.9 Å². The molecule has 0 bridgehead atoms. The van der Waals surface area contributed by atoms with Gasteiger partial charge >= 0.3 is 17.9 Å². The summed E-state index contributed by atoms with van der Waals surface area (Å²) in [6.07, 6.45) is -5.24. The molecule has 1 unspecified atom stereocenters. The molecule has 34 heavy (non-hydrogen) atoms. The number of aliphatic hydroxyl groups is 1. The zero-order valence-corrected chi connectivity index (χ0v) is 18.0. The van der Waals surface area contributed by atoms with E-state index < -0.39 is 42.5 Å². The minimum atomic E-state index is -1.50. The Labute approximate surface area is 195 Å². The van der Waals surface area contributed by atoms with Gasteiger partial charge in [0.25, 0.3) is 0 Å². The Kier molecular flexibility index (Phi) is 7.31. The molecule has 174 valence electrons. The highest BCUT2D eigenvalue weighted by atomic mass is 16.7. The second kappa shape index (κ2) is 10.7. The van der Waals surface area contributed by atoms with Gasteiger partial charge in [0.1, 0.15) is 12.7 Å². The summed E-state index contributed by atoms with van der Waals surface area (Å²) in [7, 11) is 0. The van der Waals surface area contributed by atoms with E-state index >= 15 is 0 Å². The van der Waals surface area contributed by atoms with E-state index in [-0.39, 0.29) is 17.7 Å². The van der Waals surface area contributed by atoms with Crippen LogP contribution < -0.4 is 0 Å². The molecule has 1 saturated heterocycles. The highest BCUT2D eigenvalue weighted by Crippen LogP contribution is 2.27. The van der Waals surface area contributed by atoms with E-state index in [1.165, 1.54) is 0 Å². The lowest BCUT2D eigenvalue weighted by Crippen LogP contribution is -2.40. The van der Waals surface area contributed by atoms with Crippen LogP contribution in [0.1, 0.15) is 31.1 Å². The highest BCUT2D eigenvalue weighted by molar-refractivity contribution is 5.90. The first kappa shape index (κ1) is 23.2. The molecule has 3 aromatic carbocycles. The zero-order chi connectivity index (χ0) is 23.9. The number of hydrogen-bond donors (Lipinski definition) is 1. The highest BCUT2D eigenvalue weighted by Gasteiger charge is 2.49. The summed E-state index contributed by atoms with van der Waals surface area (Å²) in [6.45, 7) is -0.336. The Bertz CT molecular complexity index is 1120. The summed E-state index contributed by atoms with van der Waals surface area (Å²) < 4.78 is 21.8. The summed E-state index contributed by atoms with van der Waals surface area (Å²) in [5.74, 6) is -2.04. The van der Waals surface area contributed by atoms with Crippen molar-refractivity contribution >= 4 is 17.9 Å². The zero-order valence-electron chi connectivity index (χ0n) is 18.0. The lowest BCUT2D eigenvalue weighted by molar-refractivity contribution is -0.139. The van der Waals surface area contributed by atoms with E-state index in [0.717, 1.165) is 0 Å². The molecule has 0 saturated carbocycles. The average Bonchev–Trinajstić information content (AvgIpc) is 3.17. The molecule has 8 heteroatoms. The van der Waals surface area contributed by atoms with Gasteiger partial charge in [-0.3, -0.25) is 0 Å². The predicted octanol–water partition coefficient (Wildman–Crippen LogP) is 3.01. The smallest absolute Gasteiger partial charge is 0.340 e. The number of benzene rings is 3. The van der Waals surface area contributed by atoms with Crippen molar-refractivity contribution < 1.29 is 38.4 Å². The molecule has 0 aromatic heterocycles. The molecule has 3 aromatic rings. The molecule has 1 N–H and O–H groups in total. The molecule has 1 aliphatic rings. The lowest BCUT2D eigenvalue weighted by Gasteiger charge is -2.20. The molecule has 0 aliphatic carbocycles. The molecular formula is C26H22O8. The SMILES string of the molecule is O=C(OC[C@H]1O[C@@H](OC(=O)c2ccccc2)C(O)[C@H]1OC(=O)c1ccccc1)c1ccccc1. The second-order valence-electron chi connectivity index (χ2n) is 7.51.